The second-order valence-corrected chi connectivity index (χ2v) is 3.56. The van der Waals surface area contributed by atoms with Gasteiger partial charge in [0.25, 0.3) is 0 Å². The SMILES string of the molecule is Cc1ccc(OCCOC(F)(F)F)c(B(O)O)c1. The highest BCUT2D eigenvalue weighted by Gasteiger charge is 2.28. The summed E-state index contributed by atoms with van der Waals surface area (Å²) in [6, 6.07) is 4.58. The molecular weight excluding hydrogens is 252 g/mol. The molecule has 0 radical (unpaired) electrons. The second kappa shape index (κ2) is 6.08. The lowest BCUT2D eigenvalue weighted by Crippen LogP contribution is -2.32. The van der Waals surface area contributed by atoms with Gasteiger partial charge < -0.3 is 14.8 Å². The molecule has 0 saturated heterocycles. The van der Waals surface area contributed by atoms with Crippen LogP contribution in [0.15, 0.2) is 18.2 Å². The summed E-state index contributed by atoms with van der Waals surface area (Å²) in [4.78, 5) is 0. The summed E-state index contributed by atoms with van der Waals surface area (Å²) in [7, 11) is -1.75. The van der Waals surface area contributed by atoms with Crippen molar-refractivity contribution in [3.8, 4) is 5.75 Å². The third-order valence-electron chi connectivity index (χ3n) is 2.05. The number of benzene rings is 1. The first-order valence-electron chi connectivity index (χ1n) is 5.10. The lowest BCUT2D eigenvalue weighted by molar-refractivity contribution is -0.325. The van der Waals surface area contributed by atoms with Crippen molar-refractivity contribution in [2.24, 2.45) is 0 Å². The number of aryl methyl sites for hydroxylation is 1. The van der Waals surface area contributed by atoms with E-state index in [1.807, 2.05) is 0 Å². The molecule has 8 heteroatoms. The third kappa shape index (κ3) is 4.95. The molecule has 0 amide bonds. The van der Waals surface area contributed by atoms with E-state index in [4.69, 9.17) is 14.8 Å². The Morgan fingerprint density at radius 2 is 1.89 bits per heavy atom. The van der Waals surface area contributed by atoms with Crippen LogP contribution < -0.4 is 10.2 Å². The van der Waals surface area contributed by atoms with Crippen LogP contribution in [-0.2, 0) is 4.74 Å². The van der Waals surface area contributed by atoms with Crippen LogP contribution in [0.25, 0.3) is 0 Å². The van der Waals surface area contributed by atoms with Crippen LogP contribution in [-0.4, -0.2) is 36.7 Å². The molecule has 0 aliphatic rings. The summed E-state index contributed by atoms with van der Waals surface area (Å²) in [5, 5.41) is 18.2. The highest BCUT2D eigenvalue weighted by Crippen LogP contribution is 2.16. The van der Waals surface area contributed by atoms with E-state index in [1.54, 1.807) is 13.0 Å². The van der Waals surface area contributed by atoms with Crippen LogP contribution in [0.3, 0.4) is 0 Å². The van der Waals surface area contributed by atoms with Crippen molar-refractivity contribution in [1.82, 2.24) is 0 Å². The van der Waals surface area contributed by atoms with E-state index in [0.717, 1.165) is 5.56 Å². The Balaban J connectivity index is 2.57. The predicted octanol–water partition coefficient (Wildman–Crippen LogP) is 0.590. The molecule has 0 unspecified atom stereocenters. The van der Waals surface area contributed by atoms with E-state index in [2.05, 4.69) is 4.74 Å². The fraction of sp³-hybridized carbons (Fsp3) is 0.400. The second-order valence-electron chi connectivity index (χ2n) is 3.56. The molecule has 100 valence electrons. The summed E-state index contributed by atoms with van der Waals surface area (Å²) < 4.78 is 43.6. The normalized spacial score (nSPS) is 11.4. The lowest BCUT2D eigenvalue weighted by Gasteiger charge is -2.12. The van der Waals surface area contributed by atoms with Crippen LogP contribution in [0, 0.1) is 6.92 Å². The molecule has 0 heterocycles. The zero-order valence-corrected chi connectivity index (χ0v) is 9.57. The maximum Gasteiger partial charge on any atom is 0.522 e. The highest BCUT2D eigenvalue weighted by molar-refractivity contribution is 6.59. The van der Waals surface area contributed by atoms with Crippen molar-refractivity contribution in [3.05, 3.63) is 23.8 Å². The smallest absolute Gasteiger partial charge is 0.492 e. The molecular formula is C10H12BF3O4. The van der Waals surface area contributed by atoms with Gasteiger partial charge in [-0.05, 0) is 13.0 Å². The van der Waals surface area contributed by atoms with Crippen LogP contribution >= 0.6 is 0 Å². The van der Waals surface area contributed by atoms with Crippen LogP contribution in [0.1, 0.15) is 5.56 Å². The Morgan fingerprint density at radius 1 is 1.22 bits per heavy atom. The first-order chi connectivity index (χ1) is 8.29. The van der Waals surface area contributed by atoms with Gasteiger partial charge in [-0.3, -0.25) is 4.74 Å². The molecule has 4 nitrogen and oxygen atoms in total. The average molecular weight is 264 g/mol. The minimum absolute atomic E-state index is 0.0991. The van der Waals surface area contributed by atoms with Gasteiger partial charge in [-0.2, -0.15) is 0 Å². The van der Waals surface area contributed by atoms with E-state index in [9.17, 15) is 13.2 Å². The van der Waals surface area contributed by atoms with Crippen molar-refractivity contribution in [2.75, 3.05) is 13.2 Å². The van der Waals surface area contributed by atoms with Crippen LogP contribution in [0.2, 0.25) is 0 Å². The van der Waals surface area contributed by atoms with Crippen molar-refractivity contribution < 1.29 is 32.7 Å². The topological polar surface area (TPSA) is 58.9 Å². The van der Waals surface area contributed by atoms with Crippen molar-refractivity contribution >= 4 is 12.6 Å². The van der Waals surface area contributed by atoms with Crippen LogP contribution in [0.4, 0.5) is 13.2 Å². The molecule has 2 N–H and O–H groups in total. The molecule has 0 saturated carbocycles. The minimum Gasteiger partial charge on any atom is -0.492 e. The summed E-state index contributed by atoms with van der Waals surface area (Å²) >= 11 is 0. The van der Waals surface area contributed by atoms with Gasteiger partial charge in [0, 0.05) is 5.46 Å². The highest BCUT2D eigenvalue weighted by atomic mass is 19.4. The number of ether oxygens (including phenoxy) is 2. The number of hydrogen-bond acceptors (Lipinski definition) is 4. The van der Waals surface area contributed by atoms with E-state index in [-0.39, 0.29) is 17.8 Å². The molecule has 0 atom stereocenters. The van der Waals surface area contributed by atoms with E-state index in [0.29, 0.717) is 0 Å². The molecule has 1 aromatic carbocycles. The van der Waals surface area contributed by atoms with Gasteiger partial charge in [0.15, 0.2) is 0 Å². The molecule has 0 fully saturated rings. The average Bonchev–Trinajstić information content (AvgIpc) is 2.24. The lowest BCUT2D eigenvalue weighted by atomic mass is 9.79. The first kappa shape index (κ1) is 14.8. The summed E-state index contributed by atoms with van der Waals surface area (Å²) in [5.41, 5.74) is 0.874. The zero-order valence-electron chi connectivity index (χ0n) is 9.57. The molecule has 1 aromatic rings. The Labute approximate surface area is 102 Å². The molecule has 0 aliphatic carbocycles. The fourth-order valence-electron chi connectivity index (χ4n) is 1.31. The first-order valence-corrected chi connectivity index (χ1v) is 5.10. The Bertz CT molecular complexity index is 395. The quantitative estimate of drug-likeness (QED) is 0.603. The Morgan fingerprint density at radius 3 is 2.44 bits per heavy atom. The summed E-state index contributed by atoms with van der Waals surface area (Å²) in [6.07, 6.45) is -4.70. The van der Waals surface area contributed by atoms with Crippen molar-refractivity contribution in [1.29, 1.82) is 0 Å². The van der Waals surface area contributed by atoms with Gasteiger partial charge in [-0.15, -0.1) is 13.2 Å². The zero-order chi connectivity index (χ0) is 13.8. The van der Waals surface area contributed by atoms with Gasteiger partial charge >= 0.3 is 13.5 Å². The number of rotatable bonds is 5. The van der Waals surface area contributed by atoms with E-state index >= 15 is 0 Å². The Hall–Kier alpha value is -1.25. The standard InChI is InChI=1S/C10H12BF3O4/c1-7-2-3-9(8(6-7)11(15)16)17-4-5-18-10(12,13)14/h2-3,6,15-16H,4-5H2,1H3. The van der Waals surface area contributed by atoms with Crippen LogP contribution in [0.5, 0.6) is 5.75 Å². The van der Waals surface area contributed by atoms with E-state index in [1.165, 1.54) is 12.1 Å². The number of halogens is 3. The van der Waals surface area contributed by atoms with E-state index < -0.39 is 20.1 Å². The molecule has 0 bridgehead atoms. The van der Waals surface area contributed by atoms with Gasteiger partial charge in [0.05, 0.1) is 6.61 Å². The van der Waals surface area contributed by atoms with Gasteiger partial charge in [-0.25, -0.2) is 0 Å². The maximum absolute atomic E-state index is 11.7. The summed E-state index contributed by atoms with van der Waals surface area (Å²) in [5.74, 6) is 0.112. The third-order valence-corrected chi connectivity index (χ3v) is 2.05. The molecule has 18 heavy (non-hydrogen) atoms. The van der Waals surface area contributed by atoms with Gasteiger partial charge in [-0.1, -0.05) is 17.7 Å². The summed E-state index contributed by atoms with van der Waals surface area (Å²) in [6.45, 7) is 0.725. The fourth-order valence-corrected chi connectivity index (χ4v) is 1.31. The maximum atomic E-state index is 11.7. The molecule has 1 rings (SSSR count). The Kier molecular flexibility index (Phi) is 5.00. The minimum atomic E-state index is -4.70. The number of alkyl halides is 3. The van der Waals surface area contributed by atoms with Gasteiger partial charge in [0.1, 0.15) is 12.4 Å². The monoisotopic (exact) mass is 264 g/mol. The van der Waals surface area contributed by atoms with Gasteiger partial charge in [0.2, 0.25) is 0 Å². The van der Waals surface area contributed by atoms with Crippen molar-refractivity contribution in [2.45, 2.75) is 13.3 Å². The molecule has 0 aromatic heterocycles. The largest absolute Gasteiger partial charge is 0.522 e. The predicted molar refractivity (Wildman–Crippen MR) is 58.5 cm³/mol. The molecule has 0 aliphatic heterocycles. The molecule has 0 spiro atoms. The number of hydrogen-bond donors (Lipinski definition) is 2. The van der Waals surface area contributed by atoms with Crippen molar-refractivity contribution in [3.63, 3.8) is 0 Å².